The quantitative estimate of drug-likeness (QED) is 0.614. The Morgan fingerprint density at radius 2 is 2.00 bits per heavy atom. The van der Waals surface area contributed by atoms with E-state index in [4.69, 9.17) is 5.73 Å². The molecule has 0 bridgehead atoms. The van der Waals surface area contributed by atoms with Crippen LogP contribution in [0.2, 0.25) is 0 Å². The lowest BCUT2D eigenvalue weighted by Gasteiger charge is -2.29. The Hall–Kier alpha value is -1.02. The first kappa shape index (κ1) is 13.4. The van der Waals surface area contributed by atoms with E-state index in [9.17, 15) is 0 Å². The van der Waals surface area contributed by atoms with E-state index in [0.29, 0.717) is 0 Å². The van der Waals surface area contributed by atoms with E-state index in [-0.39, 0.29) is 0 Å². The van der Waals surface area contributed by atoms with Gasteiger partial charge in [-0.2, -0.15) is 0 Å². The zero-order valence-electron chi connectivity index (χ0n) is 11.6. The molecule has 0 radical (unpaired) electrons. The van der Waals surface area contributed by atoms with Crippen LogP contribution in [0.3, 0.4) is 0 Å². The summed E-state index contributed by atoms with van der Waals surface area (Å²) < 4.78 is 0. The van der Waals surface area contributed by atoms with Crippen LogP contribution in [0, 0.1) is 0 Å². The fraction of sp³-hybridized carbons (Fsp3) is 0.625. The molecule has 1 aromatic rings. The molecule has 0 saturated heterocycles. The van der Waals surface area contributed by atoms with Crippen molar-refractivity contribution >= 4 is 5.69 Å². The molecule has 0 saturated carbocycles. The van der Waals surface area contributed by atoms with Crippen LogP contribution in [0.5, 0.6) is 0 Å². The summed E-state index contributed by atoms with van der Waals surface area (Å²) in [6.07, 6.45) is 7.98. The fourth-order valence-corrected chi connectivity index (χ4v) is 2.79. The molecule has 18 heavy (non-hydrogen) atoms. The molecule has 0 fully saturated rings. The number of nitrogens with two attached hydrogens (primary N) is 1. The highest BCUT2D eigenvalue weighted by molar-refractivity contribution is 5.51. The Labute approximate surface area is 111 Å². The van der Waals surface area contributed by atoms with Crippen LogP contribution in [-0.2, 0) is 13.0 Å². The second kappa shape index (κ2) is 6.79. The van der Waals surface area contributed by atoms with Crippen molar-refractivity contribution in [2.24, 2.45) is 0 Å². The van der Waals surface area contributed by atoms with E-state index >= 15 is 0 Å². The number of unbranched alkanes of at least 4 members (excludes halogenated alkanes) is 4. The van der Waals surface area contributed by atoms with Gasteiger partial charge in [0.05, 0.1) is 0 Å². The predicted molar refractivity (Wildman–Crippen MR) is 78.6 cm³/mol. The summed E-state index contributed by atoms with van der Waals surface area (Å²) >= 11 is 0. The van der Waals surface area contributed by atoms with Gasteiger partial charge in [0.1, 0.15) is 0 Å². The van der Waals surface area contributed by atoms with E-state index in [1.807, 2.05) is 6.07 Å². The van der Waals surface area contributed by atoms with E-state index in [1.165, 1.54) is 56.3 Å². The smallest absolute Gasteiger partial charge is 0.0362 e. The highest BCUT2D eigenvalue weighted by Crippen LogP contribution is 2.24. The third-order valence-corrected chi connectivity index (χ3v) is 3.97. The fourth-order valence-electron chi connectivity index (χ4n) is 2.79. The molecule has 0 spiro atoms. The molecule has 2 N–H and O–H groups in total. The van der Waals surface area contributed by atoms with Crippen molar-refractivity contribution in [3.05, 3.63) is 29.3 Å². The largest absolute Gasteiger partial charge is 0.398 e. The summed E-state index contributed by atoms with van der Waals surface area (Å²) in [5, 5.41) is 0. The van der Waals surface area contributed by atoms with Crippen LogP contribution in [0.1, 0.15) is 50.2 Å². The minimum Gasteiger partial charge on any atom is -0.398 e. The Morgan fingerprint density at radius 1 is 1.17 bits per heavy atom. The van der Waals surface area contributed by atoms with Crippen molar-refractivity contribution in [2.75, 3.05) is 18.8 Å². The molecule has 1 aromatic carbocycles. The number of benzene rings is 1. The van der Waals surface area contributed by atoms with Crippen LogP contribution in [-0.4, -0.2) is 18.0 Å². The topological polar surface area (TPSA) is 29.3 Å². The number of anilines is 1. The molecule has 2 rings (SSSR count). The van der Waals surface area contributed by atoms with E-state index in [2.05, 4.69) is 24.0 Å². The van der Waals surface area contributed by atoms with Crippen molar-refractivity contribution in [3.8, 4) is 0 Å². The number of hydrogen-bond acceptors (Lipinski definition) is 2. The Morgan fingerprint density at radius 3 is 2.83 bits per heavy atom. The van der Waals surface area contributed by atoms with Crippen LogP contribution in [0.4, 0.5) is 5.69 Å². The molecule has 0 aliphatic carbocycles. The Balaban J connectivity index is 1.79. The summed E-state index contributed by atoms with van der Waals surface area (Å²) in [7, 11) is 0. The van der Waals surface area contributed by atoms with E-state index in [1.54, 1.807) is 0 Å². The first-order valence-corrected chi connectivity index (χ1v) is 7.40. The second-order valence-corrected chi connectivity index (χ2v) is 5.43. The molecule has 0 unspecified atom stereocenters. The van der Waals surface area contributed by atoms with Crippen LogP contribution in [0.15, 0.2) is 18.2 Å². The zero-order valence-corrected chi connectivity index (χ0v) is 11.6. The normalized spacial score (nSPS) is 15.6. The molecule has 0 aromatic heterocycles. The number of nitrogen functional groups attached to an aromatic ring is 1. The third-order valence-electron chi connectivity index (χ3n) is 3.97. The summed E-state index contributed by atoms with van der Waals surface area (Å²) in [6.45, 7) is 5.75. The van der Waals surface area contributed by atoms with Crippen molar-refractivity contribution in [1.29, 1.82) is 0 Å². The predicted octanol–water partition coefficient (Wildman–Crippen LogP) is 3.60. The molecular formula is C16H26N2. The van der Waals surface area contributed by atoms with Crippen molar-refractivity contribution in [3.63, 3.8) is 0 Å². The number of fused-ring (bicyclic) bond motifs is 1. The van der Waals surface area contributed by atoms with Gasteiger partial charge in [0.15, 0.2) is 0 Å². The maximum absolute atomic E-state index is 6.07. The van der Waals surface area contributed by atoms with Gasteiger partial charge in [0.2, 0.25) is 0 Å². The minimum atomic E-state index is 0.975. The molecule has 100 valence electrons. The van der Waals surface area contributed by atoms with Gasteiger partial charge in [-0.05, 0) is 36.6 Å². The van der Waals surface area contributed by atoms with Gasteiger partial charge in [-0.1, -0.05) is 44.7 Å². The summed E-state index contributed by atoms with van der Waals surface area (Å²) in [4.78, 5) is 2.56. The molecule has 0 amide bonds. The highest BCUT2D eigenvalue weighted by atomic mass is 15.1. The van der Waals surface area contributed by atoms with Gasteiger partial charge in [-0.25, -0.2) is 0 Å². The lowest BCUT2D eigenvalue weighted by molar-refractivity contribution is 0.248. The highest BCUT2D eigenvalue weighted by Gasteiger charge is 2.17. The van der Waals surface area contributed by atoms with E-state index < -0.39 is 0 Å². The van der Waals surface area contributed by atoms with Gasteiger partial charge in [-0.3, -0.25) is 4.90 Å². The van der Waals surface area contributed by atoms with Gasteiger partial charge in [-0.15, -0.1) is 0 Å². The molecule has 0 atom stereocenters. The summed E-state index contributed by atoms with van der Waals surface area (Å²) in [5.41, 5.74) is 9.87. The zero-order chi connectivity index (χ0) is 12.8. The lowest BCUT2D eigenvalue weighted by atomic mass is 9.98. The molecule has 1 heterocycles. The molecule has 1 aliphatic rings. The number of nitrogens with zero attached hydrogens (tertiary/aromatic N) is 1. The maximum Gasteiger partial charge on any atom is 0.0362 e. The number of rotatable bonds is 6. The average molecular weight is 246 g/mol. The first-order valence-electron chi connectivity index (χ1n) is 7.40. The van der Waals surface area contributed by atoms with Crippen molar-refractivity contribution < 1.29 is 0 Å². The van der Waals surface area contributed by atoms with Crippen LogP contribution in [0.25, 0.3) is 0 Å². The van der Waals surface area contributed by atoms with Crippen LogP contribution < -0.4 is 5.73 Å². The van der Waals surface area contributed by atoms with Gasteiger partial charge in [0.25, 0.3) is 0 Å². The minimum absolute atomic E-state index is 0.975. The standard InChI is InChI=1S/C16H26N2/c1-2-3-4-5-6-11-18-12-10-14-8-7-9-16(17)15(14)13-18/h7-9H,2-6,10-13,17H2,1H3. The molecule has 2 nitrogen and oxygen atoms in total. The first-order chi connectivity index (χ1) is 8.81. The monoisotopic (exact) mass is 246 g/mol. The number of hydrogen-bond donors (Lipinski definition) is 1. The second-order valence-electron chi connectivity index (χ2n) is 5.43. The molecular weight excluding hydrogens is 220 g/mol. The van der Waals surface area contributed by atoms with E-state index in [0.717, 1.165) is 18.7 Å². The van der Waals surface area contributed by atoms with Gasteiger partial charge < -0.3 is 5.73 Å². The van der Waals surface area contributed by atoms with Gasteiger partial charge in [0, 0.05) is 18.8 Å². The lowest BCUT2D eigenvalue weighted by Crippen LogP contribution is -2.31. The molecule has 1 aliphatic heterocycles. The maximum atomic E-state index is 6.07. The third kappa shape index (κ3) is 3.49. The summed E-state index contributed by atoms with van der Waals surface area (Å²) in [6, 6.07) is 6.34. The Bertz CT molecular complexity index is 373. The van der Waals surface area contributed by atoms with Gasteiger partial charge >= 0.3 is 0 Å². The van der Waals surface area contributed by atoms with Crippen molar-refractivity contribution in [2.45, 2.75) is 52.0 Å². The van der Waals surface area contributed by atoms with Crippen molar-refractivity contribution in [1.82, 2.24) is 4.90 Å². The summed E-state index contributed by atoms with van der Waals surface area (Å²) in [5.74, 6) is 0. The average Bonchev–Trinajstić information content (AvgIpc) is 2.39. The Kier molecular flexibility index (Phi) is 5.06. The SMILES string of the molecule is CCCCCCCN1CCc2cccc(N)c2C1. The van der Waals surface area contributed by atoms with Crippen LogP contribution >= 0.6 is 0 Å². The molecule has 2 heteroatoms.